The Morgan fingerprint density at radius 3 is 2.19 bits per heavy atom. The molecule has 3 aromatic carbocycles. The largest absolute Gasteiger partial charge is 0.452 e. The molecule has 0 aliphatic heterocycles. The van der Waals surface area contributed by atoms with Crippen LogP contribution < -0.4 is 10.6 Å². The lowest BCUT2D eigenvalue weighted by molar-refractivity contribution is -0.119. The number of para-hydroxylation sites is 3. The molecule has 0 saturated carbocycles. The van der Waals surface area contributed by atoms with E-state index in [-0.39, 0.29) is 12.5 Å². The van der Waals surface area contributed by atoms with Crippen LogP contribution in [0.5, 0.6) is 0 Å². The van der Waals surface area contributed by atoms with Crippen molar-refractivity contribution in [3.8, 4) is 0 Å². The van der Waals surface area contributed by atoms with Crippen LogP contribution in [0.3, 0.4) is 0 Å². The molecule has 3 rings (SSSR count). The van der Waals surface area contributed by atoms with Gasteiger partial charge >= 0.3 is 5.97 Å². The molecule has 0 unspecified atom stereocenters. The van der Waals surface area contributed by atoms with E-state index < -0.39 is 5.97 Å². The number of ether oxygens (including phenoxy) is 1. The fourth-order valence-corrected chi connectivity index (χ4v) is 2.56. The number of hydrogen-bond donors (Lipinski definition) is 2. The summed E-state index contributed by atoms with van der Waals surface area (Å²) in [4.78, 5) is 24.5. The van der Waals surface area contributed by atoms with Gasteiger partial charge in [-0.25, -0.2) is 4.79 Å². The molecule has 5 heteroatoms. The number of carbonyl (C=O) groups excluding carboxylic acids is 2. The summed E-state index contributed by atoms with van der Waals surface area (Å²) >= 11 is 0. The van der Waals surface area contributed by atoms with Gasteiger partial charge in [0.15, 0.2) is 6.61 Å². The first-order valence-electron chi connectivity index (χ1n) is 8.57. The minimum Gasteiger partial charge on any atom is -0.452 e. The SMILES string of the molecule is Cc1ccccc1NC(=O)COC(=O)c1ccccc1Nc1ccccc1. The second-order valence-corrected chi connectivity index (χ2v) is 5.98. The molecular weight excluding hydrogens is 340 g/mol. The van der Waals surface area contributed by atoms with Crippen LogP contribution in [0.15, 0.2) is 78.9 Å². The first-order valence-corrected chi connectivity index (χ1v) is 8.57. The van der Waals surface area contributed by atoms with Crippen LogP contribution in [0.25, 0.3) is 0 Å². The van der Waals surface area contributed by atoms with E-state index in [2.05, 4.69) is 10.6 Å². The van der Waals surface area contributed by atoms with E-state index in [1.807, 2.05) is 61.5 Å². The molecule has 0 aliphatic carbocycles. The third-order valence-electron chi connectivity index (χ3n) is 3.95. The van der Waals surface area contributed by atoms with Crippen LogP contribution >= 0.6 is 0 Å². The Hall–Kier alpha value is -3.60. The molecule has 1 amide bonds. The molecule has 0 bridgehead atoms. The van der Waals surface area contributed by atoms with E-state index in [9.17, 15) is 9.59 Å². The number of carbonyl (C=O) groups is 2. The molecule has 5 nitrogen and oxygen atoms in total. The second-order valence-electron chi connectivity index (χ2n) is 5.98. The Bertz CT molecular complexity index is 939. The summed E-state index contributed by atoms with van der Waals surface area (Å²) in [5.74, 6) is -0.944. The summed E-state index contributed by atoms with van der Waals surface area (Å²) in [5, 5.41) is 5.93. The van der Waals surface area contributed by atoms with Crippen LogP contribution in [0.1, 0.15) is 15.9 Å². The van der Waals surface area contributed by atoms with E-state index in [0.29, 0.717) is 16.9 Å². The Balaban J connectivity index is 1.63. The first kappa shape index (κ1) is 18.2. The van der Waals surface area contributed by atoms with Crippen LogP contribution in [-0.2, 0) is 9.53 Å². The van der Waals surface area contributed by atoms with Crippen molar-refractivity contribution in [3.63, 3.8) is 0 Å². The minimum atomic E-state index is -0.561. The van der Waals surface area contributed by atoms with Gasteiger partial charge in [-0.2, -0.15) is 0 Å². The van der Waals surface area contributed by atoms with Crippen molar-refractivity contribution in [1.82, 2.24) is 0 Å². The van der Waals surface area contributed by atoms with Crippen LogP contribution in [-0.4, -0.2) is 18.5 Å². The molecule has 3 aromatic rings. The Morgan fingerprint density at radius 2 is 1.44 bits per heavy atom. The molecule has 0 fully saturated rings. The third kappa shape index (κ3) is 4.95. The molecule has 0 aliphatic rings. The fourth-order valence-electron chi connectivity index (χ4n) is 2.56. The number of esters is 1. The van der Waals surface area contributed by atoms with Crippen molar-refractivity contribution in [2.75, 3.05) is 17.2 Å². The number of rotatable bonds is 6. The quantitative estimate of drug-likeness (QED) is 0.634. The summed E-state index contributed by atoms with van der Waals surface area (Å²) in [5.41, 5.74) is 3.48. The predicted octanol–water partition coefficient (Wildman–Crippen LogP) is 4.53. The highest BCUT2D eigenvalue weighted by Gasteiger charge is 2.14. The maximum atomic E-state index is 12.4. The molecule has 0 aromatic heterocycles. The molecule has 0 heterocycles. The molecule has 0 spiro atoms. The number of aryl methyl sites for hydroxylation is 1. The van der Waals surface area contributed by atoms with Crippen molar-refractivity contribution in [3.05, 3.63) is 90.0 Å². The summed E-state index contributed by atoms with van der Waals surface area (Å²) in [6, 6.07) is 24.0. The second kappa shape index (κ2) is 8.67. The van der Waals surface area contributed by atoms with E-state index in [4.69, 9.17) is 4.74 Å². The van der Waals surface area contributed by atoms with Gasteiger partial charge in [-0.15, -0.1) is 0 Å². The maximum absolute atomic E-state index is 12.4. The highest BCUT2D eigenvalue weighted by atomic mass is 16.5. The predicted molar refractivity (Wildman–Crippen MR) is 106 cm³/mol. The normalized spacial score (nSPS) is 10.1. The molecular formula is C22H20N2O3. The first-order chi connectivity index (χ1) is 13.1. The molecule has 0 atom stereocenters. The minimum absolute atomic E-state index is 0.354. The van der Waals surface area contributed by atoms with E-state index in [0.717, 1.165) is 11.3 Å². The lowest BCUT2D eigenvalue weighted by Crippen LogP contribution is -2.21. The molecule has 0 radical (unpaired) electrons. The van der Waals surface area contributed by atoms with Crippen molar-refractivity contribution in [2.24, 2.45) is 0 Å². The topological polar surface area (TPSA) is 67.4 Å². The third-order valence-corrected chi connectivity index (χ3v) is 3.95. The molecule has 27 heavy (non-hydrogen) atoms. The smallest absolute Gasteiger partial charge is 0.340 e. The Kier molecular flexibility index (Phi) is 5.84. The van der Waals surface area contributed by atoms with Gasteiger partial charge in [0.25, 0.3) is 5.91 Å². The summed E-state index contributed by atoms with van der Waals surface area (Å²) in [7, 11) is 0. The molecule has 0 saturated heterocycles. The molecule has 136 valence electrons. The van der Waals surface area contributed by atoms with Crippen molar-refractivity contribution < 1.29 is 14.3 Å². The van der Waals surface area contributed by atoms with E-state index in [1.165, 1.54) is 0 Å². The number of anilines is 3. The van der Waals surface area contributed by atoms with Gasteiger partial charge in [-0.3, -0.25) is 4.79 Å². The van der Waals surface area contributed by atoms with Crippen molar-refractivity contribution >= 4 is 28.9 Å². The highest BCUT2D eigenvalue weighted by Crippen LogP contribution is 2.21. The van der Waals surface area contributed by atoms with E-state index >= 15 is 0 Å². The number of hydrogen-bond acceptors (Lipinski definition) is 4. The zero-order valence-corrected chi connectivity index (χ0v) is 14.9. The standard InChI is InChI=1S/C22H20N2O3/c1-16-9-5-7-13-19(16)24-21(25)15-27-22(26)18-12-6-8-14-20(18)23-17-10-3-2-4-11-17/h2-14,23H,15H2,1H3,(H,24,25). The Labute approximate surface area is 158 Å². The highest BCUT2D eigenvalue weighted by molar-refractivity contribution is 5.99. The number of amides is 1. The lowest BCUT2D eigenvalue weighted by atomic mass is 10.1. The maximum Gasteiger partial charge on any atom is 0.340 e. The van der Waals surface area contributed by atoms with Gasteiger partial charge < -0.3 is 15.4 Å². The zero-order chi connectivity index (χ0) is 19.1. The number of benzene rings is 3. The summed E-state index contributed by atoms with van der Waals surface area (Å²) in [6.45, 7) is 1.54. The van der Waals surface area contributed by atoms with Gasteiger partial charge in [-0.05, 0) is 42.8 Å². The monoisotopic (exact) mass is 360 g/mol. The Morgan fingerprint density at radius 1 is 0.815 bits per heavy atom. The van der Waals surface area contributed by atoms with Gasteiger partial charge in [0, 0.05) is 11.4 Å². The van der Waals surface area contributed by atoms with Gasteiger partial charge in [0.05, 0.1) is 11.3 Å². The van der Waals surface area contributed by atoms with Crippen LogP contribution in [0.2, 0.25) is 0 Å². The average molecular weight is 360 g/mol. The van der Waals surface area contributed by atoms with Gasteiger partial charge in [-0.1, -0.05) is 48.5 Å². The fraction of sp³-hybridized carbons (Fsp3) is 0.0909. The molecule has 2 N–H and O–H groups in total. The van der Waals surface area contributed by atoms with Crippen LogP contribution in [0, 0.1) is 6.92 Å². The van der Waals surface area contributed by atoms with Gasteiger partial charge in [0.2, 0.25) is 0 Å². The van der Waals surface area contributed by atoms with Crippen molar-refractivity contribution in [2.45, 2.75) is 6.92 Å². The number of nitrogens with one attached hydrogen (secondary N) is 2. The van der Waals surface area contributed by atoms with Crippen LogP contribution in [0.4, 0.5) is 17.1 Å². The zero-order valence-electron chi connectivity index (χ0n) is 14.9. The van der Waals surface area contributed by atoms with E-state index in [1.54, 1.807) is 24.3 Å². The van der Waals surface area contributed by atoms with Crippen molar-refractivity contribution in [1.29, 1.82) is 0 Å². The van der Waals surface area contributed by atoms with Gasteiger partial charge in [0.1, 0.15) is 0 Å². The average Bonchev–Trinajstić information content (AvgIpc) is 2.69. The lowest BCUT2D eigenvalue weighted by Gasteiger charge is -2.12. The summed E-state index contributed by atoms with van der Waals surface area (Å²) < 4.78 is 5.19. The summed E-state index contributed by atoms with van der Waals surface area (Å²) in [6.07, 6.45) is 0.